The number of aromatic nitrogens is 1. The number of hydrogen-bond acceptors (Lipinski definition) is 3. The van der Waals surface area contributed by atoms with E-state index in [0.717, 1.165) is 49.7 Å². The highest BCUT2D eigenvalue weighted by atomic mass is 32.1. The third-order valence-corrected chi connectivity index (χ3v) is 6.51. The van der Waals surface area contributed by atoms with Gasteiger partial charge in [-0.25, -0.2) is 4.98 Å². The molecule has 0 unspecified atom stereocenters. The van der Waals surface area contributed by atoms with E-state index in [4.69, 9.17) is 0 Å². The molecule has 140 valence electrons. The molecule has 0 radical (unpaired) electrons. The van der Waals surface area contributed by atoms with Crippen LogP contribution in [0, 0.1) is 6.92 Å². The fourth-order valence-electron chi connectivity index (χ4n) is 3.73. The minimum absolute atomic E-state index is 0.268. The van der Waals surface area contributed by atoms with Crippen LogP contribution in [0.25, 0.3) is 10.2 Å². The Hall–Kier alpha value is -2.24. The second kappa shape index (κ2) is 8.19. The van der Waals surface area contributed by atoms with E-state index in [1.807, 2.05) is 23.1 Å². The molecular weight excluding hydrogens is 354 g/mol. The maximum absolute atomic E-state index is 12.6. The summed E-state index contributed by atoms with van der Waals surface area (Å²) in [5, 5.41) is 1.06. The van der Waals surface area contributed by atoms with Crippen LogP contribution in [0.3, 0.4) is 0 Å². The molecule has 1 aromatic heterocycles. The van der Waals surface area contributed by atoms with Crippen molar-refractivity contribution in [3.05, 3.63) is 64.7 Å². The van der Waals surface area contributed by atoms with Crippen LogP contribution in [0.2, 0.25) is 0 Å². The Morgan fingerprint density at radius 2 is 1.85 bits per heavy atom. The van der Waals surface area contributed by atoms with Gasteiger partial charge in [-0.05, 0) is 24.6 Å². The van der Waals surface area contributed by atoms with Crippen molar-refractivity contribution in [2.24, 2.45) is 0 Å². The van der Waals surface area contributed by atoms with E-state index < -0.39 is 0 Å². The molecule has 1 aliphatic heterocycles. The minimum Gasteiger partial charge on any atom is -0.331 e. The number of hydrogen-bond donors (Lipinski definition) is 1. The summed E-state index contributed by atoms with van der Waals surface area (Å²) in [7, 11) is 0. The molecule has 1 aliphatic rings. The average molecular weight is 381 g/mol. The van der Waals surface area contributed by atoms with E-state index in [1.54, 1.807) is 16.2 Å². The SMILES string of the molecule is Cc1ccccc1C[NH+]1CCN(C(=O)CCc2nc3ccccc3s2)CC1. The molecule has 1 amide bonds. The van der Waals surface area contributed by atoms with Crippen molar-refractivity contribution in [1.29, 1.82) is 0 Å². The summed E-state index contributed by atoms with van der Waals surface area (Å²) in [6.07, 6.45) is 1.31. The van der Waals surface area contributed by atoms with Gasteiger partial charge in [0.15, 0.2) is 0 Å². The number of carbonyl (C=O) groups is 1. The molecule has 1 N–H and O–H groups in total. The fraction of sp³-hybridized carbons (Fsp3) is 0.364. The predicted octanol–water partition coefficient (Wildman–Crippen LogP) is 2.46. The van der Waals surface area contributed by atoms with E-state index in [9.17, 15) is 4.79 Å². The zero-order chi connectivity index (χ0) is 18.6. The Bertz CT molecular complexity index is 895. The van der Waals surface area contributed by atoms with Crippen LogP contribution in [0.5, 0.6) is 0 Å². The van der Waals surface area contributed by atoms with Crippen molar-refractivity contribution >= 4 is 27.5 Å². The van der Waals surface area contributed by atoms with Gasteiger partial charge in [-0.1, -0.05) is 36.4 Å². The molecule has 2 aromatic carbocycles. The molecule has 4 nitrogen and oxygen atoms in total. The number of quaternary nitrogens is 1. The van der Waals surface area contributed by atoms with Gasteiger partial charge in [0.25, 0.3) is 0 Å². The van der Waals surface area contributed by atoms with Gasteiger partial charge >= 0.3 is 0 Å². The molecule has 0 bridgehead atoms. The predicted molar refractivity (Wildman–Crippen MR) is 110 cm³/mol. The molecule has 0 atom stereocenters. The number of nitrogens with one attached hydrogen (secondary N) is 1. The summed E-state index contributed by atoms with van der Waals surface area (Å²) in [4.78, 5) is 20.8. The summed E-state index contributed by atoms with van der Waals surface area (Å²) in [6, 6.07) is 16.8. The van der Waals surface area contributed by atoms with E-state index in [0.29, 0.717) is 6.42 Å². The lowest BCUT2D eigenvalue weighted by atomic mass is 10.1. The summed E-state index contributed by atoms with van der Waals surface area (Å²) in [5.41, 5.74) is 3.82. The Balaban J connectivity index is 1.26. The van der Waals surface area contributed by atoms with Gasteiger partial charge in [0, 0.05) is 18.4 Å². The summed E-state index contributed by atoms with van der Waals surface area (Å²) >= 11 is 1.70. The highest BCUT2D eigenvalue weighted by molar-refractivity contribution is 7.18. The summed E-state index contributed by atoms with van der Waals surface area (Å²) in [6.45, 7) is 7.01. The Labute approximate surface area is 164 Å². The average Bonchev–Trinajstić information content (AvgIpc) is 3.11. The smallest absolute Gasteiger partial charge is 0.223 e. The van der Waals surface area contributed by atoms with Crippen molar-refractivity contribution < 1.29 is 9.69 Å². The zero-order valence-electron chi connectivity index (χ0n) is 15.8. The molecule has 27 heavy (non-hydrogen) atoms. The van der Waals surface area contributed by atoms with Gasteiger partial charge in [0.05, 0.1) is 41.4 Å². The Morgan fingerprint density at radius 3 is 2.63 bits per heavy atom. The van der Waals surface area contributed by atoms with Crippen molar-refractivity contribution in [1.82, 2.24) is 9.88 Å². The van der Waals surface area contributed by atoms with Crippen LogP contribution >= 0.6 is 11.3 Å². The molecule has 4 rings (SSSR count). The van der Waals surface area contributed by atoms with E-state index in [-0.39, 0.29) is 5.91 Å². The summed E-state index contributed by atoms with van der Waals surface area (Å²) < 4.78 is 1.20. The lowest BCUT2D eigenvalue weighted by molar-refractivity contribution is -0.917. The molecular formula is C22H26N3OS+. The molecule has 0 spiro atoms. The molecule has 2 heterocycles. The van der Waals surface area contributed by atoms with E-state index >= 15 is 0 Å². The molecule has 3 aromatic rings. The standard InChI is InChI=1S/C22H25N3OS/c1-17-6-2-3-7-18(17)16-24-12-14-25(15-13-24)22(26)11-10-21-23-19-8-4-5-9-20(19)27-21/h2-9H,10-16H2,1H3/p+1. The van der Waals surface area contributed by atoms with Crippen LogP contribution in [-0.4, -0.2) is 42.0 Å². The molecule has 5 heteroatoms. The first kappa shape index (κ1) is 18.1. The molecule has 0 saturated carbocycles. The van der Waals surface area contributed by atoms with Crippen LogP contribution in [0.15, 0.2) is 48.5 Å². The van der Waals surface area contributed by atoms with Crippen molar-refractivity contribution in [2.75, 3.05) is 26.2 Å². The number of nitrogens with zero attached hydrogens (tertiary/aromatic N) is 2. The number of benzene rings is 2. The second-order valence-electron chi connectivity index (χ2n) is 7.31. The third-order valence-electron chi connectivity index (χ3n) is 5.42. The maximum atomic E-state index is 12.6. The Morgan fingerprint density at radius 1 is 1.11 bits per heavy atom. The number of rotatable bonds is 5. The van der Waals surface area contributed by atoms with Gasteiger partial charge in [-0.2, -0.15) is 0 Å². The second-order valence-corrected chi connectivity index (χ2v) is 8.42. The van der Waals surface area contributed by atoms with Gasteiger partial charge in [-0.3, -0.25) is 4.79 Å². The first-order valence-electron chi connectivity index (χ1n) is 9.69. The highest BCUT2D eigenvalue weighted by Gasteiger charge is 2.24. The van der Waals surface area contributed by atoms with E-state index in [1.165, 1.54) is 15.8 Å². The number of carbonyl (C=O) groups excluding carboxylic acids is 1. The van der Waals surface area contributed by atoms with Crippen LogP contribution < -0.4 is 4.90 Å². The lowest BCUT2D eigenvalue weighted by Gasteiger charge is -2.32. The van der Waals surface area contributed by atoms with Gasteiger partial charge in [0.2, 0.25) is 5.91 Å². The highest BCUT2D eigenvalue weighted by Crippen LogP contribution is 2.22. The zero-order valence-corrected chi connectivity index (χ0v) is 16.6. The molecule has 0 aliphatic carbocycles. The third kappa shape index (κ3) is 4.37. The van der Waals surface area contributed by atoms with E-state index in [2.05, 4.69) is 42.2 Å². The monoisotopic (exact) mass is 380 g/mol. The largest absolute Gasteiger partial charge is 0.331 e. The van der Waals surface area contributed by atoms with Crippen LogP contribution in [0.1, 0.15) is 22.6 Å². The number of thiazole rings is 1. The Kier molecular flexibility index (Phi) is 5.50. The molecule has 1 fully saturated rings. The number of aryl methyl sites for hydroxylation is 2. The lowest BCUT2D eigenvalue weighted by Crippen LogP contribution is -3.13. The first-order valence-corrected chi connectivity index (χ1v) is 10.5. The van der Waals surface area contributed by atoms with Gasteiger partial charge in [-0.15, -0.1) is 11.3 Å². The maximum Gasteiger partial charge on any atom is 0.223 e. The molecule has 1 saturated heterocycles. The number of fused-ring (bicyclic) bond motifs is 1. The topological polar surface area (TPSA) is 37.6 Å². The van der Waals surface area contributed by atoms with Gasteiger partial charge in [0.1, 0.15) is 6.54 Å². The van der Waals surface area contributed by atoms with Crippen molar-refractivity contribution in [3.63, 3.8) is 0 Å². The quantitative estimate of drug-likeness (QED) is 0.738. The minimum atomic E-state index is 0.268. The first-order chi connectivity index (χ1) is 13.2. The van der Waals surface area contributed by atoms with Crippen molar-refractivity contribution in [3.8, 4) is 0 Å². The normalized spacial score (nSPS) is 15.4. The summed E-state index contributed by atoms with van der Waals surface area (Å²) in [5.74, 6) is 0.268. The van der Waals surface area contributed by atoms with Crippen molar-refractivity contribution in [2.45, 2.75) is 26.3 Å². The number of para-hydroxylation sites is 1. The number of amides is 1. The van der Waals surface area contributed by atoms with Crippen LogP contribution in [0.4, 0.5) is 0 Å². The number of piperazine rings is 1. The fourth-order valence-corrected chi connectivity index (χ4v) is 4.69. The van der Waals surface area contributed by atoms with Crippen LogP contribution in [-0.2, 0) is 17.8 Å². The van der Waals surface area contributed by atoms with Gasteiger partial charge < -0.3 is 9.80 Å².